The first-order valence-electron chi connectivity index (χ1n) is 4.86. The van der Waals surface area contributed by atoms with Crippen molar-refractivity contribution in [2.24, 2.45) is 0 Å². The molecule has 0 saturated heterocycles. The molecule has 86 valence electrons. The average Bonchev–Trinajstić information content (AvgIpc) is 2.39. The van der Waals surface area contributed by atoms with E-state index in [0.29, 0.717) is 17.0 Å². The maximum absolute atomic E-state index is 12.1. The fourth-order valence-corrected chi connectivity index (χ4v) is 1.55. The molecule has 2 aromatic heterocycles. The van der Waals surface area contributed by atoms with E-state index in [-0.39, 0.29) is 5.78 Å². The van der Waals surface area contributed by atoms with E-state index in [9.17, 15) is 4.79 Å². The number of hydrogen-bond donors (Lipinski definition) is 0. The number of nitrogens with zero attached hydrogens (tertiary/aromatic N) is 2. The number of ether oxygens (including phenoxy) is 1. The van der Waals surface area contributed by atoms with Crippen molar-refractivity contribution in [2.45, 2.75) is 0 Å². The van der Waals surface area contributed by atoms with Gasteiger partial charge in [-0.25, -0.2) is 0 Å². The van der Waals surface area contributed by atoms with Gasteiger partial charge in [-0.3, -0.25) is 14.8 Å². The number of carbonyl (C=O) groups is 1. The van der Waals surface area contributed by atoms with Crippen LogP contribution in [0.1, 0.15) is 16.1 Å². The summed E-state index contributed by atoms with van der Waals surface area (Å²) < 4.78 is 5.85. The summed E-state index contributed by atoms with van der Waals surface area (Å²) in [5.74, 6) is 0.372. The van der Waals surface area contributed by atoms with Crippen LogP contribution in [0.3, 0.4) is 0 Å². The number of hydrogen-bond acceptors (Lipinski definition) is 4. The maximum Gasteiger partial charge on any atom is 0.213 e. The van der Waals surface area contributed by atoms with Crippen LogP contribution in [0, 0.1) is 0 Å². The van der Waals surface area contributed by atoms with Crippen molar-refractivity contribution in [3.63, 3.8) is 0 Å². The summed E-state index contributed by atoms with van der Waals surface area (Å²) in [5.41, 5.74) is 0.836. The maximum atomic E-state index is 12.1. The summed E-state index contributed by atoms with van der Waals surface area (Å²) in [4.78, 5) is 20.0. The molecule has 0 amide bonds. The number of rotatable bonds is 3. The van der Waals surface area contributed by atoms with E-state index in [1.165, 1.54) is 13.3 Å². The Balaban J connectivity index is 2.33. The van der Waals surface area contributed by atoms with Crippen molar-refractivity contribution in [3.8, 4) is 5.75 Å². The van der Waals surface area contributed by atoms with Crippen molar-refractivity contribution in [2.75, 3.05) is 7.11 Å². The molecular weight excluding hydrogens is 284 g/mol. The molecule has 5 heteroatoms. The summed E-state index contributed by atoms with van der Waals surface area (Å²) in [6.07, 6.45) is 4.63. The van der Waals surface area contributed by atoms with E-state index in [1.54, 1.807) is 30.6 Å². The lowest BCUT2D eigenvalue weighted by atomic mass is 10.1. The van der Waals surface area contributed by atoms with Crippen molar-refractivity contribution in [1.29, 1.82) is 0 Å². The Hall–Kier alpha value is -1.75. The lowest BCUT2D eigenvalue weighted by molar-refractivity contribution is 0.103. The second-order valence-corrected chi connectivity index (χ2v) is 4.22. The van der Waals surface area contributed by atoms with E-state index in [1.807, 2.05) is 0 Å². The number of halogens is 1. The minimum absolute atomic E-state index is 0.177. The van der Waals surface area contributed by atoms with Crippen LogP contribution in [-0.4, -0.2) is 22.9 Å². The average molecular weight is 293 g/mol. The molecule has 0 bridgehead atoms. The van der Waals surface area contributed by atoms with Crippen molar-refractivity contribution >= 4 is 21.7 Å². The number of methoxy groups -OCH3 is 1. The fraction of sp³-hybridized carbons (Fsp3) is 0.0833. The summed E-state index contributed by atoms with van der Waals surface area (Å²) in [7, 11) is 1.53. The summed E-state index contributed by atoms with van der Waals surface area (Å²) >= 11 is 3.27. The minimum Gasteiger partial charge on any atom is -0.495 e. The first kappa shape index (κ1) is 11.7. The highest BCUT2D eigenvalue weighted by atomic mass is 79.9. The van der Waals surface area contributed by atoms with Gasteiger partial charge in [0.1, 0.15) is 11.4 Å². The molecule has 0 saturated carbocycles. The van der Waals surface area contributed by atoms with E-state index in [2.05, 4.69) is 25.9 Å². The van der Waals surface area contributed by atoms with Gasteiger partial charge in [0, 0.05) is 22.4 Å². The summed E-state index contributed by atoms with van der Waals surface area (Å²) in [6.45, 7) is 0. The van der Waals surface area contributed by atoms with Gasteiger partial charge in [0.25, 0.3) is 0 Å². The SMILES string of the molecule is COc1cncc(C(=O)c2ccc(Br)cn2)c1. The molecule has 4 nitrogen and oxygen atoms in total. The standard InChI is InChI=1S/C12H9BrN2O2/c1-17-10-4-8(5-14-7-10)12(16)11-3-2-9(13)6-15-11/h2-7H,1H3. The van der Waals surface area contributed by atoms with Gasteiger partial charge in [-0.2, -0.15) is 0 Å². The molecule has 0 fully saturated rings. The first-order valence-corrected chi connectivity index (χ1v) is 5.65. The van der Waals surface area contributed by atoms with Gasteiger partial charge in [-0.05, 0) is 34.1 Å². The third-order valence-electron chi connectivity index (χ3n) is 2.17. The predicted octanol–water partition coefficient (Wildman–Crippen LogP) is 2.48. The van der Waals surface area contributed by atoms with Crippen LogP contribution in [0.2, 0.25) is 0 Å². The Morgan fingerprint density at radius 3 is 2.76 bits per heavy atom. The molecular formula is C12H9BrN2O2. The van der Waals surface area contributed by atoms with Crippen LogP contribution in [0.15, 0.2) is 41.3 Å². The van der Waals surface area contributed by atoms with Gasteiger partial charge in [-0.1, -0.05) is 0 Å². The molecule has 2 aromatic rings. The molecule has 17 heavy (non-hydrogen) atoms. The zero-order valence-corrected chi connectivity index (χ0v) is 10.6. The molecule has 0 aliphatic rings. The van der Waals surface area contributed by atoms with Gasteiger partial charge < -0.3 is 4.74 Å². The normalized spacial score (nSPS) is 10.0. The highest BCUT2D eigenvalue weighted by Crippen LogP contribution is 2.15. The van der Waals surface area contributed by atoms with Gasteiger partial charge in [0.2, 0.25) is 5.78 Å². The summed E-state index contributed by atoms with van der Waals surface area (Å²) in [6, 6.07) is 5.07. The molecule has 0 spiro atoms. The Morgan fingerprint density at radius 2 is 2.12 bits per heavy atom. The highest BCUT2D eigenvalue weighted by molar-refractivity contribution is 9.10. The second kappa shape index (κ2) is 5.05. The number of carbonyl (C=O) groups excluding carboxylic acids is 1. The van der Waals surface area contributed by atoms with Crippen LogP contribution in [0.4, 0.5) is 0 Å². The predicted molar refractivity (Wildman–Crippen MR) is 66.2 cm³/mol. The Labute approximate surface area is 107 Å². The van der Waals surface area contributed by atoms with Crippen LogP contribution in [0.25, 0.3) is 0 Å². The van der Waals surface area contributed by atoms with Crippen molar-refractivity contribution in [3.05, 3.63) is 52.5 Å². The van der Waals surface area contributed by atoms with Crippen LogP contribution in [0.5, 0.6) is 5.75 Å². The van der Waals surface area contributed by atoms with Crippen LogP contribution >= 0.6 is 15.9 Å². The topological polar surface area (TPSA) is 52.1 Å². The fourth-order valence-electron chi connectivity index (χ4n) is 1.31. The molecule has 0 aliphatic carbocycles. The van der Waals surface area contributed by atoms with Gasteiger partial charge in [0.15, 0.2) is 0 Å². The molecule has 0 radical (unpaired) electrons. The third-order valence-corrected chi connectivity index (χ3v) is 2.64. The monoisotopic (exact) mass is 292 g/mol. The van der Waals surface area contributed by atoms with Gasteiger partial charge in [-0.15, -0.1) is 0 Å². The molecule has 2 rings (SSSR count). The molecule has 2 heterocycles. The van der Waals surface area contributed by atoms with E-state index in [0.717, 1.165) is 4.47 Å². The van der Waals surface area contributed by atoms with Crippen LogP contribution < -0.4 is 4.74 Å². The zero-order chi connectivity index (χ0) is 12.3. The first-order chi connectivity index (χ1) is 8.20. The zero-order valence-electron chi connectivity index (χ0n) is 9.05. The molecule has 0 unspecified atom stereocenters. The molecule has 0 N–H and O–H groups in total. The summed E-state index contributed by atoms with van der Waals surface area (Å²) in [5, 5.41) is 0. The quantitative estimate of drug-likeness (QED) is 0.816. The van der Waals surface area contributed by atoms with E-state index in [4.69, 9.17) is 4.74 Å². The van der Waals surface area contributed by atoms with Crippen LogP contribution in [-0.2, 0) is 0 Å². The van der Waals surface area contributed by atoms with Gasteiger partial charge >= 0.3 is 0 Å². The Morgan fingerprint density at radius 1 is 1.29 bits per heavy atom. The largest absolute Gasteiger partial charge is 0.495 e. The number of pyridine rings is 2. The number of aromatic nitrogens is 2. The second-order valence-electron chi connectivity index (χ2n) is 3.30. The number of ketones is 1. The highest BCUT2D eigenvalue weighted by Gasteiger charge is 2.11. The minimum atomic E-state index is -0.177. The van der Waals surface area contributed by atoms with E-state index < -0.39 is 0 Å². The molecule has 0 aliphatic heterocycles. The van der Waals surface area contributed by atoms with Gasteiger partial charge in [0.05, 0.1) is 13.3 Å². The smallest absolute Gasteiger partial charge is 0.213 e. The Bertz CT molecular complexity index is 540. The molecule has 0 aromatic carbocycles. The van der Waals surface area contributed by atoms with Crippen molar-refractivity contribution in [1.82, 2.24) is 9.97 Å². The van der Waals surface area contributed by atoms with E-state index >= 15 is 0 Å². The lowest BCUT2D eigenvalue weighted by Crippen LogP contribution is -2.04. The van der Waals surface area contributed by atoms with Crippen molar-refractivity contribution < 1.29 is 9.53 Å². The third kappa shape index (κ3) is 2.68. The lowest BCUT2D eigenvalue weighted by Gasteiger charge is -2.02. The molecule has 0 atom stereocenters. The Kier molecular flexibility index (Phi) is 3.49.